The van der Waals surface area contributed by atoms with Gasteiger partial charge in [-0.1, -0.05) is 13.3 Å². The van der Waals surface area contributed by atoms with Gasteiger partial charge < -0.3 is 21.5 Å². The molecule has 19 heavy (non-hydrogen) atoms. The van der Waals surface area contributed by atoms with Crippen LogP contribution in [0.1, 0.15) is 30.1 Å². The highest BCUT2D eigenvalue weighted by atomic mass is 16.4. The SMILES string of the molecule is CCCCN(CC(N)=O)c1ccc(C(=O)O)c(N)c1. The van der Waals surface area contributed by atoms with Crippen LogP contribution in [0.15, 0.2) is 18.2 Å². The van der Waals surface area contributed by atoms with Gasteiger partial charge in [0.1, 0.15) is 0 Å². The lowest BCUT2D eigenvalue weighted by molar-refractivity contribution is -0.116. The van der Waals surface area contributed by atoms with Gasteiger partial charge in [0.15, 0.2) is 0 Å². The maximum atomic E-state index is 11.1. The Labute approximate surface area is 112 Å². The minimum absolute atomic E-state index is 0.0540. The van der Waals surface area contributed by atoms with E-state index < -0.39 is 11.9 Å². The van der Waals surface area contributed by atoms with E-state index in [0.29, 0.717) is 12.2 Å². The van der Waals surface area contributed by atoms with Gasteiger partial charge in [-0.3, -0.25) is 4.79 Å². The number of primary amides is 1. The molecule has 6 heteroatoms. The highest BCUT2D eigenvalue weighted by Gasteiger charge is 2.13. The number of hydrogen-bond donors (Lipinski definition) is 3. The topological polar surface area (TPSA) is 110 Å². The van der Waals surface area contributed by atoms with Crippen molar-refractivity contribution in [1.82, 2.24) is 0 Å². The van der Waals surface area contributed by atoms with Gasteiger partial charge in [0.05, 0.1) is 12.1 Å². The molecule has 0 aliphatic rings. The number of amides is 1. The molecular weight excluding hydrogens is 246 g/mol. The average Bonchev–Trinajstić information content (AvgIpc) is 2.33. The Morgan fingerprint density at radius 2 is 2.05 bits per heavy atom. The number of hydrogen-bond acceptors (Lipinski definition) is 4. The lowest BCUT2D eigenvalue weighted by atomic mass is 10.1. The van der Waals surface area contributed by atoms with Gasteiger partial charge in [0, 0.05) is 17.9 Å². The summed E-state index contributed by atoms with van der Waals surface area (Å²) in [5, 5.41) is 8.91. The molecule has 0 spiro atoms. The van der Waals surface area contributed by atoms with Crippen molar-refractivity contribution < 1.29 is 14.7 Å². The van der Waals surface area contributed by atoms with E-state index in [1.807, 2.05) is 6.92 Å². The summed E-state index contributed by atoms with van der Waals surface area (Å²) in [6, 6.07) is 4.63. The third-order valence-electron chi connectivity index (χ3n) is 2.76. The number of carbonyl (C=O) groups is 2. The van der Waals surface area contributed by atoms with Crippen LogP contribution in [0.25, 0.3) is 0 Å². The van der Waals surface area contributed by atoms with Gasteiger partial charge >= 0.3 is 5.97 Å². The van der Waals surface area contributed by atoms with Crippen LogP contribution < -0.4 is 16.4 Å². The second kappa shape index (κ2) is 6.63. The standard InChI is InChI=1S/C13H19N3O3/c1-2-3-6-16(8-12(15)17)9-4-5-10(13(18)19)11(14)7-9/h4-5,7H,2-3,6,8,14H2,1H3,(H2,15,17)(H,18,19). The maximum absolute atomic E-state index is 11.1. The molecule has 0 fully saturated rings. The van der Waals surface area contributed by atoms with Crippen molar-refractivity contribution in [2.45, 2.75) is 19.8 Å². The van der Waals surface area contributed by atoms with Gasteiger partial charge in [0.25, 0.3) is 0 Å². The molecule has 0 aliphatic carbocycles. The maximum Gasteiger partial charge on any atom is 0.337 e. The molecule has 0 aromatic heterocycles. The van der Waals surface area contributed by atoms with Crippen LogP contribution >= 0.6 is 0 Å². The molecule has 0 saturated heterocycles. The zero-order valence-electron chi connectivity index (χ0n) is 10.9. The first-order valence-electron chi connectivity index (χ1n) is 6.11. The third kappa shape index (κ3) is 4.17. The molecule has 0 bridgehead atoms. The summed E-state index contributed by atoms with van der Waals surface area (Å²) in [7, 11) is 0. The molecule has 1 rings (SSSR count). The summed E-state index contributed by atoms with van der Waals surface area (Å²) in [5.41, 5.74) is 11.8. The molecule has 1 amide bonds. The van der Waals surface area contributed by atoms with E-state index in [9.17, 15) is 9.59 Å². The van der Waals surface area contributed by atoms with Crippen LogP contribution in [0.3, 0.4) is 0 Å². The molecule has 0 heterocycles. The monoisotopic (exact) mass is 265 g/mol. The second-order valence-electron chi connectivity index (χ2n) is 4.32. The minimum Gasteiger partial charge on any atom is -0.478 e. The minimum atomic E-state index is -1.07. The number of unbranched alkanes of at least 4 members (excludes halogenated alkanes) is 1. The van der Waals surface area contributed by atoms with Crippen LogP contribution in [0, 0.1) is 0 Å². The Bertz CT molecular complexity index is 474. The number of rotatable bonds is 7. The van der Waals surface area contributed by atoms with Gasteiger partial charge in [0.2, 0.25) is 5.91 Å². The fourth-order valence-corrected chi connectivity index (χ4v) is 1.78. The summed E-state index contributed by atoms with van der Waals surface area (Å²) in [6.07, 6.45) is 1.89. The first-order valence-corrected chi connectivity index (χ1v) is 6.11. The first-order chi connectivity index (χ1) is 8.95. The van der Waals surface area contributed by atoms with Crippen molar-refractivity contribution in [1.29, 1.82) is 0 Å². The predicted octanol–water partition coefficient (Wildman–Crippen LogP) is 1.06. The fraction of sp³-hybridized carbons (Fsp3) is 0.385. The summed E-state index contributed by atoms with van der Waals surface area (Å²) >= 11 is 0. The van der Waals surface area contributed by atoms with Crippen molar-refractivity contribution in [3.8, 4) is 0 Å². The third-order valence-corrected chi connectivity index (χ3v) is 2.76. The Hall–Kier alpha value is -2.24. The number of anilines is 2. The molecule has 6 nitrogen and oxygen atoms in total. The van der Waals surface area contributed by atoms with E-state index in [0.717, 1.165) is 12.8 Å². The molecule has 0 saturated carbocycles. The molecule has 0 aliphatic heterocycles. The normalized spacial score (nSPS) is 10.2. The van der Waals surface area contributed by atoms with Crippen LogP contribution in [0.4, 0.5) is 11.4 Å². The van der Waals surface area contributed by atoms with Crippen molar-refractivity contribution in [3.05, 3.63) is 23.8 Å². The summed E-state index contributed by atoms with van der Waals surface area (Å²) in [4.78, 5) is 23.7. The highest BCUT2D eigenvalue weighted by Crippen LogP contribution is 2.22. The van der Waals surface area contributed by atoms with Crippen LogP contribution in [0.5, 0.6) is 0 Å². The van der Waals surface area contributed by atoms with E-state index in [2.05, 4.69) is 0 Å². The Balaban J connectivity index is 2.98. The molecule has 1 aromatic carbocycles. The van der Waals surface area contributed by atoms with E-state index >= 15 is 0 Å². The lowest BCUT2D eigenvalue weighted by Crippen LogP contribution is -2.34. The summed E-state index contributed by atoms with van der Waals surface area (Å²) in [5.74, 6) is -1.50. The van der Waals surface area contributed by atoms with Crippen LogP contribution in [-0.4, -0.2) is 30.1 Å². The zero-order chi connectivity index (χ0) is 14.4. The number of carbonyl (C=O) groups excluding carboxylic acids is 1. The number of carboxylic acid groups (broad SMARTS) is 1. The second-order valence-corrected chi connectivity index (χ2v) is 4.32. The lowest BCUT2D eigenvalue weighted by Gasteiger charge is -2.23. The Morgan fingerprint density at radius 1 is 1.37 bits per heavy atom. The van der Waals surface area contributed by atoms with E-state index in [-0.39, 0.29) is 17.8 Å². The number of nitrogen functional groups attached to an aromatic ring is 1. The quantitative estimate of drug-likeness (QED) is 0.638. The Kier molecular flexibility index (Phi) is 5.17. The summed E-state index contributed by atoms with van der Waals surface area (Å²) < 4.78 is 0. The van der Waals surface area contributed by atoms with Crippen molar-refractivity contribution in [2.75, 3.05) is 23.7 Å². The zero-order valence-corrected chi connectivity index (χ0v) is 10.9. The highest BCUT2D eigenvalue weighted by molar-refractivity contribution is 5.94. The van der Waals surface area contributed by atoms with Crippen LogP contribution in [-0.2, 0) is 4.79 Å². The fourth-order valence-electron chi connectivity index (χ4n) is 1.78. The number of nitrogens with two attached hydrogens (primary N) is 2. The molecular formula is C13H19N3O3. The van der Waals surface area contributed by atoms with Gasteiger partial charge in [-0.2, -0.15) is 0 Å². The number of aromatic carboxylic acids is 1. The number of benzene rings is 1. The summed E-state index contributed by atoms with van der Waals surface area (Å²) in [6.45, 7) is 2.81. The number of nitrogens with zero attached hydrogens (tertiary/aromatic N) is 1. The smallest absolute Gasteiger partial charge is 0.337 e. The molecule has 0 radical (unpaired) electrons. The molecule has 0 atom stereocenters. The van der Waals surface area contributed by atoms with E-state index in [4.69, 9.17) is 16.6 Å². The van der Waals surface area contributed by atoms with Gasteiger partial charge in [-0.25, -0.2) is 4.79 Å². The number of carboxylic acids is 1. The largest absolute Gasteiger partial charge is 0.478 e. The van der Waals surface area contributed by atoms with Gasteiger partial charge in [-0.05, 0) is 24.6 Å². The van der Waals surface area contributed by atoms with Crippen LogP contribution in [0.2, 0.25) is 0 Å². The molecule has 5 N–H and O–H groups in total. The van der Waals surface area contributed by atoms with E-state index in [1.54, 1.807) is 17.0 Å². The molecule has 104 valence electrons. The van der Waals surface area contributed by atoms with Crippen molar-refractivity contribution >= 4 is 23.3 Å². The van der Waals surface area contributed by atoms with Crippen molar-refractivity contribution in [3.63, 3.8) is 0 Å². The van der Waals surface area contributed by atoms with Crippen molar-refractivity contribution in [2.24, 2.45) is 5.73 Å². The first kappa shape index (κ1) is 14.8. The molecule has 0 unspecified atom stereocenters. The van der Waals surface area contributed by atoms with Gasteiger partial charge in [-0.15, -0.1) is 0 Å². The Morgan fingerprint density at radius 3 is 2.53 bits per heavy atom. The molecule has 1 aromatic rings. The average molecular weight is 265 g/mol. The van der Waals surface area contributed by atoms with E-state index in [1.165, 1.54) is 6.07 Å². The predicted molar refractivity (Wildman–Crippen MR) is 74.1 cm³/mol.